The summed E-state index contributed by atoms with van der Waals surface area (Å²) < 4.78 is 1.82. The number of nitrogens with two attached hydrogens (primary N) is 1. The van der Waals surface area contributed by atoms with Crippen molar-refractivity contribution in [1.29, 1.82) is 0 Å². The Morgan fingerprint density at radius 1 is 1.40 bits per heavy atom. The second-order valence-corrected chi connectivity index (χ2v) is 5.70. The van der Waals surface area contributed by atoms with Crippen LogP contribution in [0.25, 0.3) is 10.2 Å². The van der Waals surface area contributed by atoms with Crippen LogP contribution in [0.15, 0.2) is 10.5 Å². The van der Waals surface area contributed by atoms with E-state index in [0.717, 1.165) is 26.1 Å². The Labute approximate surface area is 110 Å². The van der Waals surface area contributed by atoms with Gasteiger partial charge in [-0.3, -0.25) is 0 Å². The molecular formula is C9H7BrCl2N2S. The first kappa shape index (κ1) is 11.6. The molecule has 2 aromatic rings. The average Bonchev–Trinajstić information content (AvgIpc) is 2.58. The first-order valence-corrected chi connectivity index (χ1v) is 6.63. The number of thiazole rings is 1. The van der Waals surface area contributed by atoms with Crippen LogP contribution in [-0.2, 0) is 6.42 Å². The number of hydrogen-bond donors (Lipinski definition) is 1. The van der Waals surface area contributed by atoms with Gasteiger partial charge in [0.05, 0.1) is 19.8 Å². The summed E-state index contributed by atoms with van der Waals surface area (Å²) in [4.78, 5) is 4.41. The summed E-state index contributed by atoms with van der Waals surface area (Å²) in [6, 6.07) is 1.93. The maximum Gasteiger partial charge on any atom is 0.102 e. The molecule has 0 atom stereocenters. The molecule has 0 radical (unpaired) electrons. The van der Waals surface area contributed by atoms with Crippen molar-refractivity contribution in [2.24, 2.45) is 5.73 Å². The molecule has 1 heterocycles. The average molecular weight is 326 g/mol. The fourth-order valence-electron chi connectivity index (χ4n) is 1.25. The third kappa shape index (κ3) is 2.15. The Morgan fingerprint density at radius 2 is 2.13 bits per heavy atom. The van der Waals surface area contributed by atoms with Gasteiger partial charge in [-0.25, -0.2) is 4.98 Å². The predicted octanol–water partition coefficient (Wildman–Crippen LogP) is 3.87. The molecule has 0 amide bonds. The number of benzene rings is 1. The molecule has 0 aliphatic rings. The molecule has 6 heteroatoms. The first-order chi connectivity index (χ1) is 7.13. The van der Waals surface area contributed by atoms with Crippen molar-refractivity contribution >= 4 is 60.7 Å². The van der Waals surface area contributed by atoms with Crippen LogP contribution in [0, 0.1) is 0 Å². The third-order valence-electron chi connectivity index (χ3n) is 1.92. The standard InChI is InChI=1S/C9H7BrCl2N2S/c10-4-3-5-9(8(12)7(4)11)14-6(15-5)1-2-13/h3H,1-2,13H2. The van der Waals surface area contributed by atoms with Gasteiger partial charge in [0.25, 0.3) is 0 Å². The fourth-order valence-corrected chi connectivity index (χ4v) is 3.42. The first-order valence-electron chi connectivity index (χ1n) is 4.26. The van der Waals surface area contributed by atoms with Crippen molar-refractivity contribution in [3.8, 4) is 0 Å². The van der Waals surface area contributed by atoms with Crippen molar-refractivity contribution in [3.63, 3.8) is 0 Å². The number of nitrogens with zero attached hydrogens (tertiary/aromatic N) is 1. The van der Waals surface area contributed by atoms with E-state index in [4.69, 9.17) is 28.9 Å². The highest BCUT2D eigenvalue weighted by Gasteiger charge is 2.12. The molecule has 15 heavy (non-hydrogen) atoms. The summed E-state index contributed by atoms with van der Waals surface area (Å²) >= 11 is 17.0. The van der Waals surface area contributed by atoms with Gasteiger partial charge in [-0.1, -0.05) is 23.2 Å². The molecule has 0 unspecified atom stereocenters. The largest absolute Gasteiger partial charge is 0.330 e. The van der Waals surface area contributed by atoms with Gasteiger partial charge in [-0.2, -0.15) is 0 Å². The summed E-state index contributed by atoms with van der Waals surface area (Å²) in [7, 11) is 0. The Balaban J connectivity index is 2.65. The summed E-state index contributed by atoms with van der Waals surface area (Å²) in [6.45, 7) is 0.590. The van der Waals surface area contributed by atoms with Crippen LogP contribution in [0.5, 0.6) is 0 Å². The third-order valence-corrected chi connectivity index (χ3v) is 4.70. The minimum atomic E-state index is 0.501. The number of fused-ring (bicyclic) bond motifs is 1. The Kier molecular flexibility index (Phi) is 3.52. The van der Waals surface area contributed by atoms with E-state index in [9.17, 15) is 0 Å². The quantitative estimate of drug-likeness (QED) is 0.851. The molecule has 80 valence electrons. The van der Waals surface area contributed by atoms with E-state index < -0.39 is 0 Å². The van der Waals surface area contributed by atoms with Crippen LogP contribution < -0.4 is 5.73 Å². The molecular weight excluding hydrogens is 319 g/mol. The summed E-state index contributed by atoms with van der Waals surface area (Å²) in [5.74, 6) is 0. The monoisotopic (exact) mass is 324 g/mol. The zero-order valence-electron chi connectivity index (χ0n) is 7.56. The molecule has 2 N–H and O–H groups in total. The summed E-state index contributed by atoms with van der Waals surface area (Å²) in [5, 5.41) is 2.00. The van der Waals surface area contributed by atoms with E-state index in [-0.39, 0.29) is 0 Å². The lowest BCUT2D eigenvalue weighted by Gasteiger charge is -1.98. The zero-order valence-corrected chi connectivity index (χ0v) is 11.5. The maximum atomic E-state index is 6.10. The summed E-state index contributed by atoms with van der Waals surface area (Å²) in [5.41, 5.74) is 6.24. The van der Waals surface area contributed by atoms with Gasteiger partial charge in [0.15, 0.2) is 0 Å². The topological polar surface area (TPSA) is 38.9 Å². The highest BCUT2D eigenvalue weighted by Crippen LogP contribution is 2.38. The second kappa shape index (κ2) is 4.55. The van der Waals surface area contributed by atoms with Crippen LogP contribution in [0.4, 0.5) is 0 Å². The van der Waals surface area contributed by atoms with E-state index in [2.05, 4.69) is 20.9 Å². The van der Waals surface area contributed by atoms with Crippen LogP contribution in [0.1, 0.15) is 5.01 Å². The van der Waals surface area contributed by atoms with Crippen molar-refractivity contribution in [2.45, 2.75) is 6.42 Å². The number of hydrogen-bond acceptors (Lipinski definition) is 3. The van der Waals surface area contributed by atoms with Gasteiger partial charge >= 0.3 is 0 Å². The molecule has 0 aliphatic carbocycles. The van der Waals surface area contributed by atoms with Gasteiger partial charge in [-0.15, -0.1) is 11.3 Å². The van der Waals surface area contributed by atoms with E-state index >= 15 is 0 Å². The van der Waals surface area contributed by atoms with E-state index in [1.165, 1.54) is 0 Å². The predicted molar refractivity (Wildman–Crippen MR) is 70.1 cm³/mol. The highest BCUT2D eigenvalue weighted by atomic mass is 79.9. The number of halogens is 3. The normalized spacial score (nSPS) is 11.2. The lowest BCUT2D eigenvalue weighted by atomic mass is 10.3. The maximum absolute atomic E-state index is 6.10. The zero-order chi connectivity index (χ0) is 11.0. The molecule has 2 rings (SSSR count). The Bertz CT molecular complexity index is 512. The van der Waals surface area contributed by atoms with E-state index in [1.54, 1.807) is 11.3 Å². The molecule has 0 saturated carbocycles. The lowest BCUT2D eigenvalue weighted by Crippen LogP contribution is -2.01. The van der Waals surface area contributed by atoms with Gasteiger partial charge in [0, 0.05) is 10.9 Å². The van der Waals surface area contributed by atoms with E-state index in [1.807, 2.05) is 6.07 Å². The van der Waals surface area contributed by atoms with Crippen molar-refractivity contribution in [1.82, 2.24) is 4.98 Å². The van der Waals surface area contributed by atoms with Crippen LogP contribution >= 0.6 is 50.5 Å². The van der Waals surface area contributed by atoms with Crippen molar-refractivity contribution in [2.75, 3.05) is 6.54 Å². The Morgan fingerprint density at radius 3 is 2.80 bits per heavy atom. The molecule has 0 fully saturated rings. The number of rotatable bonds is 2. The van der Waals surface area contributed by atoms with E-state index in [0.29, 0.717) is 16.6 Å². The minimum Gasteiger partial charge on any atom is -0.330 e. The van der Waals surface area contributed by atoms with Gasteiger partial charge < -0.3 is 5.73 Å². The fraction of sp³-hybridized carbons (Fsp3) is 0.222. The van der Waals surface area contributed by atoms with Gasteiger partial charge in [-0.05, 0) is 28.5 Å². The molecule has 0 bridgehead atoms. The molecule has 2 nitrogen and oxygen atoms in total. The van der Waals surface area contributed by atoms with Crippen LogP contribution in [0.3, 0.4) is 0 Å². The van der Waals surface area contributed by atoms with Crippen LogP contribution in [0.2, 0.25) is 10.0 Å². The van der Waals surface area contributed by atoms with Gasteiger partial charge in [0.1, 0.15) is 5.52 Å². The van der Waals surface area contributed by atoms with Crippen molar-refractivity contribution in [3.05, 3.63) is 25.6 Å². The minimum absolute atomic E-state index is 0.501. The molecule has 0 spiro atoms. The molecule has 0 aliphatic heterocycles. The second-order valence-electron chi connectivity index (χ2n) is 2.98. The molecule has 0 saturated heterocycles. The van der Waals surface area contributed by atoms with Crippen LogP contribution in [-0.4, -0.2) is 11.5 Å². The Hall–Kier alpha value is 0.130. The summed E-state index contributed by atoms with van der Waals surface area (Å²) in [6.07, 6.45) is 0.769. The molecule has 1 aromatic carbocycles. The highest BCUT2D eigenvalue weighted by molar-refractivity contribution is 9.10. The van der Waals surface area contributed by atoms with Crippen molar-refractivity contribution < 1.29 is 0 Å². The molecule has 1 aromatic heterocycles. The number of aromatic nitrogens is 1. The smallest absolute Gasteiger partial charge is 0.102 e. The SMILES string of the molecule is NCCc1nc2c(Cl)c(Cl)c(Br)cc2s1. The van der Waals surface area contributed by atoms with Gasteiger partial charge in [0.2, 0.25) is 0 Å². The lowest BCUT2D eigenvalue weighted by molar-refractivity contribution is 0.958.